The smallest absolute Gasteiger partial charge is 0.219 e. The number of pyridine rings is 1. The van der Waals surface area contributed by atoms with Gasteiger partial charge in [0.25, 0.3) is 0 Å². The second kappa shape index (κ2) is 6.29. The van der Waals surface area contributed by atoms with Crippen LogP contribution >= 0.6 is 0 Å². The molecule has 0 unspecified atom stereocenters. The maximum absolute atomic E-state index is 11.6. The molecule has 0 bridgehead atoms. The van der Waals surface area contributed by atoms with Crippen LogP contribution in [0, 0.1) is 0 Å². The van der Waals surface area contributed by atoms with Crippen LogP contribution < -0.4 is 10.2 Å². The summed E-state index contributed by atoms with van der Waals surface area (Å²) in [5.74, 6) is 0.616. The van der Waals surface area contributed by atoms with Gasteiger partial charge in [-0.1, -0.05) is 12.1 Å². The van der Waals surface area contributed by atoms with E-state index in [4.69, 9.17) is 0 Å². The van der Waals surface area contributed by atoms with E-state index in [1.54, 1.807) is 11.1 Å². The van der Waals surface area contributed by atoms with Crippen molar-refractivity contribution in [2.24, 2.45) is 0 Å². The zero-order valence-corrected chi connectivity index (χ0v) is 13.2. The molecule has 0 aliphatic carbocycles. The van der Waals surface area contributed by atoms with E-state index in [0.29, 0.717) is 5.82 Å². The van der Waals surface area contributed by atoms with Crippen molar-refractivity contribution in [2.75, 3.05) is 18.0 Å². The van der Waals surface area contributed by atoms with Gasteiger partial charge < -0.3 is 10.3 Å². The number of anilines is 2. The number of H-pyrrole nitrogens is 1. The van der Waals surface area contributed by atoms with Gasteiger partial charge in [-0.25, -0.2) is 4.98 Å². The largest absolute Gasteiger partial charge is 0.361 e. The third-order valence-electron chi connectivity index (χ3n) is 4.35. The number of nitrogens with one attached hydrogen (secondary N) is 2. The lowest BCUT2D eigenvalue weighted by Gasteiger charge is -2.17. The highest BCUT2D eigenvalue weighted by atomic mass is 16.1. The van der Waals surface area contributed by atoms with Crippen LogP contribution in [0.2, 0.25) is 0 Å². The Hall–Kier alpha value is -2.92. The summed E-state index contributed by atoms with van der Waals surface area (Å²) >= 11 is 0. The Balaban J connectivity index is 1.79. The van der Waals surface area contributed by atoms with E-state index in [-0.39, 0.29) is 0 Å². The van der Waals surface area contributed by atoms with Crippen LogP contribution in [0.1, 0.15) is 12.0 Å². The van der Waals surface area contributed by atoms with Crippen molar-refractivity contribution in [3.05, 3.63) is 60.4 Å². The molecule has 5 nitrogen and oxygen atoms in total. The standard InChI is InChI=1S/C19H18N4O/c24-13-23(19-3-1-2-8-21-19)15-4-5-18-16(11-15)17(12-22-18)14-6-9-20-10-7-14/h1-6,8,11-13,20,22H,7,9-10H2. The van der Waals surface area contributed by atoms with Gasteiger partial charge in [-0.05, 0) is 48.9 Å². The van der Waals surface area contributed by atoms with Crippen molar-refractivity contribution in [3.8, 4) is 0 Å². The SMILES string of the molecule is O=CN(c1ccc2[nH]cc(C3=CCNCC3)c2c1)c1ccccn1. The molecule has 0 saturated carbocycles. The number of hydrogen-bond donors (Lipinski definition) is 2. The fraction of sp³-hybridized carbons (Fsp3) is 0.158. The molecule has 1 amide bonds. The van der Waals surface area contributed by atoms with Crippen LogP contribution in [0.25, 0.3) is 16.5 Å². The predicted molar refractivity (Wildman–Crippen MR) is 96.2 cm³/mol. The lowest BCUT2D eigenvalue weighted by Crippen LogP contribution is -2.19. The normalized spacial score (nSPS) is 14.4. The van der Waals surface area contributed by atoms with Crippen LogP contribution in [-0.2, 0) is 4.79 Å². The van der Waals surface area contributed by atoms with Crippen LogP contribution in [0.4, 0.5) is 11.5 Å². The Morgan fingerprint density at radius 2 is 2.17 bits per heavy atom. The molecule has 4 rings (SSSR count). The molecule has 1 aromatic carbocycles. The van der Waals surface area contributed by atoms with Gasteiger partial charge in [0.2, 0.25) is 6.41 Å². The maximum atomic E-state index is 11.6. The second-order valence-electron chi connectivity index (χ2n) is 5.78. The topological polar surface area (TPSA) is 61.0 Å². The van der Waals surface area contributed by atoms with E-state index >= 15 is 0 Å². The minimum atomic E-state index is 0.616. The summed E-state index contributed by atoms with van der Waals surface area (Å²) in [4.78, 5) is 20.8. The molecule has 2 aromatic heterocycles. The molecular weight excluding hydrogens is 300 g/mol. The molecule has 0 radical (unpaired) electrons. The number of rotatable bonds is 4. The first-order valence-corrected chi connectivity index (χ1v) is 8.03. The van der Waals surface area contributed by atoms with E-state index < -0.39 is 0 Å². The minimum Gasteiger partial charge on any atom is -0.361 e. The molecule has 3 aromatic rings. The van der Waals surface area contributed by atoms with Crippen molar-refractivity contribution >= 4 is 34.4 Å². The number of hydrogen-bond acceptors (Lipinski definition) is 3. The Morgan fingerprint density at radius 1 is 1.21 bits per heavy atom. The Bertz CT molecular complexity index is 898. The van der Waals surface area contributed by atoms with Gasteiger partial charge in [-0.15, -0.1) is 0 Å². The Kier molecular flexibility index (Phi) is 3.84. The molecule has 0 fully saturated rings. The molecule has 1 aliphatic rings. The first-order valence-electron chi connectivity index (χ1n) is 8.03. The summed E-state index contributed by atoms with van der Waals surface area (Å²) in [5, 5.41) is 4.46. The average molecular weight is 318 g/mol. The molecular formula is C19H18N4O. The number of aromatic nitrogens is 2. The first kappa shape index (κ1) is 14.7. The Morgan fingerprint density at radius 3 is 2.92 bits per heavy atom. The number of benzene rings is 1. The predicted octanol–water partition coefficient (Wildman–Crippen LogP) is 3.23. The van der Waals surface area contributed by atoms with Crippen molar-refractivity contribution in [2.45, 2.75) is 6.42 Å². The molecule has 24 heavy (non-hydrogen) atoms. The van der Waals surface area contributed by atoms with Crippen LogP contribution in [-0.4, -0.2) is 29.5 Å². The highest BCUT2D eigenvalue weighted by molar-refractivity contribution is 5.97. The lowest BCUT2D eigenvalue weighted by atomic mass is 9.99. The molecule has 5 heteroatoms. The fourth-order valence-electron chi connectivity index (χ4n) is 3.13. The van der Waals surface area contributed by atoms with Gasteiger partial charge in [0.05, 0.1) is 5.69 Å². The summed E-state index contributed by atoms with van der Waals surface area (Å²) in [7, 11) is 0. The fourth-order valence-corrected chi connectivity index (χ4v) is 3.13. The highest BCUT2D eigenvalue weighted by Crippen LogP contribution is 2.32. The van der Waals surface area contributed by atoms with E-state index in [0.717, 1.165) is 42.5 Å². The summed E-state index contributed by atoms with van der Waals surface area (Å²) in [6.45, 7) is 1.89. The molecule has 0 atom stereocenters. The van der Waals surface area contributed by atoms with E-state index in [9.17, 15) is 4.79 Å². The van der Waals surface area contributed by atoms with Crippen LogP contribution in [0.3, 0.4) is 0 Å². The quantitative estimate of drug-likeness (QED) is 0.726. The van der Waals surface area contributed by atoms with Crippen LogP contribution in [0.5, 0.6) is 0 Å². The molecule has 1 aliphatic heterocycles. The molecule has 0 spiro atoms. The highest BCUT2D eigenvalue weighted by Gasteiger charge is 2.14. The van der Waals surface area contributed by atoms with Crippen molar-refractivity contribution in [3.63, 3.8) is 0 Å². The third-order valence-corrected chi connectivity index (χ3v) is 4.35. The summed E-state index contributed by atoms with van der Waals surface area (Å²) in [6, 6.07) is 11.5. The van der Waals surface area contributed by atoms with E-state index in [2.05, 4.69) is 27.6 Å². The van der Waals surface area contributed by atoms with Crippen molar-refractivity contribution in [1.29, 1.82) is 0 Å². The number of amides is 1. The van der Waals surface area contributed by atoms with Gasteiger partial charge in [-0.3, -0.25) is 9.69 Å². The van der Waals surface area contributed by atoms with Gasteiger partial charge in [-0.2, -0.15) is 0 Å². The number of carbonyl (C=O) groups excluding carboxylic acids is 1. The summed E-state index contributed by atoms with van der Waals surface area (Å²) in [6.07, 6.45) is 7.78. The number of nitrogens with zero attached hydrogens (tertiary/aromatic N) is 2. The minimum absolute atomic E-state index is 0.616. The van der Waals surface area contributed by atoms with E-state index in [1.807, 2.05) is 36.4 Å². The lowest BCUT2D eigenvalue weighted by molar-refractivity contribution is -0.106. The van der Waals surface area contributed by atoms with Gasteiger partial charge in [0, 0.05) is 35.4 Å². The van der Waals surface area contributed by atoms with E-state index in [1.165, 1.54) is 11.1 Å². The zero-order valence-electron chi connectivity index (χ0n) is 13.2. The van der Waals surface area contributed by atoms with Crippen molar-refractivity contribution < 1.29 is 4.79 Å². The average Bonchev–Trinajstić information content (AvgIpc) is 3.07. The maximum Gasteiger partial charge on any atom is 0.219 e. The molecule has 0 saturated heterocycles. The molecule has 120 valence electrons. The Labute approximate surface area is 140 Å². The van der Waals surface area contributed by atoms with Gasteiger partial charge >= 0.3 is 0 Å². The molecule has 3 heterocycles. The van der Waals surface area contributed by atoms with Crippen molar-refractivity contribution in [1.82, 2.24) is 15.3 Å². The monoisotopic (exact) mass is 318 g/mol. The zero-order chi connectivity index (χ0) is 16.4. The number of aromatic amines is 1. The second-order valence-corrected chi connectivity index (χ2v) is 5.78. The number of fused-ring (bicyclic) bond motifs is 1. The third kappa shape index (κ3) is 2.59. The summed E-state index contributed by atoms with van der Waals surface area (Å²) < 4.78 is 0. The van der Waals surface area contributed by atoms with Crippen LogP contribution in [0.15, 0.2) is 54.9 Å². The summed E-state index contributed by atoms with van der Waals surface area (Å²) in [5.41, 5.74) is 4.43. The van der Waals surface area contributed by atoms with Gasteiger partial charge in [0.15, 0.2) is 0 Å². The van der Waals surface area contributed by atoms with Gasteiger partial charge in [0.1, 0.15) is 5.82 Å². The first-order chi connectivity index (χ1) is 11.9. The number of carbonyl (C=O) groups is 1. The molecule has 2 N–H and O–H groups in total.